The van der Waals surface area contributed by atoms with Crippen LogP contribution in [0, 0.1) is 0 Å². The molecule has 0 saturated carbocycles. The Kier molecular flexibility index (Phi) is 8.49. The zero-order valence-electron chi connectivity index (χ0n) is 10.0. The van der Waals surface area contributed by atoms with Gasteiger partial charge >= 0.3 is 0 Å². The maximum absolute atomic E-state index is 10.9. The second-order valence-corrected chi connectivity index (χ2v) is 5.73. The molecule has 0 radical (unpaired) electrons. The van der Waals surface area contributed by atoms with E-state index < -0.39 is 10.8 Å². The van der Waals surface area contributed by atoms with Crippen molar-refractivity contribution in [2.45, 2.75) is 58.5 Å². The van der Waals surface area contributed by atoms with E-state index in [0.717, 1.165) is 12.2 Å². The summed E-state index contributed by atoms with van der Waals surface area (Å²) in [6, 6.07) is 1.08. The topological polar surface area (TPSA) is 29.1 Å². The van der Waals surface area contributed by atoms with Crippen molar-refractivity contribution in [2.24, 2.45) is 0 Å². The van der Waals surface area contributed by atoms with Gasteiger partial charge in [-0.25, -0.2) is 0 Å². The molecule has 3 atom stereocenters. The minimum absolute atomic E-state index is 0.491. The van der Waals surface area contributed by atoms with Gasteiger partial charge in [-0.15, -0.1) is 0 Å². The Bertz CT molecular complexity index is 161. The largest absolute Gasteiger partial charge is 0.312 e. The molecule has 0 saturated heterocycles. The molecule has 3 unspecified atom stereocenters. The van der Waals surface area contributed by atoms with Crippen molar-refractivity contribution in [3.8, 4) is 0 Å². The van der Waals surface area contributed by atoms with Gasteiger partial charge in [-0.1, -0.05) is 19.8 Å². The van der Waals surface area contributed by atoms with Crippen molar-refractivity contribution in [1.29, 1.82) is 0 Å². The molecule has 0 aliphatic rings. The summed E-state index contributed by atoms with van der Waals surface area (Å²) in [5.74, 6) is 0.814. The van der Waals surface area contributed by atoms with Crippen LogP contribution in [0.3, 0.4) is 0 Å². The van der Waals surface area contributed by atoms with E-state index in [-0.39, 0.29) is 0 Å². The van der Waals surface area contributed by atoms with Crippen LogP contribution in [-0.2, 0) is 10.8 Å². The van der Waals surface area contributed by atoms with Gasteiger partial charge in [-0.3, -0.25) is 4.21 Å². The van der Waals surface area contributed by atoms with Crippen molar-refractivity contribution in [3.05, 3.63) is 0 Å². The van der Waals surface area contributed by atoms with Gasteiger partial charge in [0.05, 0.1) is 0 Å². The predicted octanol–water partition coefficient (Wildman–Crippen LogP) is 2.31. The molecule has 0 aliphatic heterocycles. The van der Waals surface area contributed by atoms with Gasteiger partial charge < -0.3 is 5.32 Å². The normalized spacial score (nSPS) is 17.7. The molecule has 0 bridgehead atoms. The number of hydrogen-bond donors (Lipinski definition) is 1. The highest BCUT2D eigenvalue weighted by atomic mass is 32.2. The zero-order chi connectivity index (χ0) is 11.0. The minimum atomic E-state index is -0.646. The quantitative estimate of drug-likeness (QED) is 0.679. The number of nitrogens with one attached hydrogen (secondary N) is 1. The highest BCUT2D eigenvalue weighted by Crippen LogP contribution is 2.02. The molecule has 0 aromatic carbocycles. The standard InChI is InChI=1S/C11H25NOS/c1-5-6-7-10(2)12-11(3)8-9-14(4)13/h10-12H,5-9H2,1-4H3. The molecule has 0 heterocycles. The third kappa shape index (κ3) is 8.70. The molecule has 0 aromatic heterocycles. The first-order valence-corrected chi connectivity index (χ1v) is 7.35. The van der Waals surface area contributed by atoms with Crippen LogP contribution in [0.15, 0.2) is 0 Å². The van der Waals surface area contributed by atoms with Crippen LogP contribution in [-0.4, -0.2) is 28.3 Å². The number of unbranched alkanes of at least 4 members (excludes halogenated alkanes) is 1. The lowest BCUT2D eigenvalue weighted by atomic mass is 10.1. The third-order valence-corrected chi connectivity index (χ3v) is 3.21. The van der Waals surface area contributed by atoms with Gasteiger partial charge in [0.1, 0.15) is 0 Å². The first-order chi connectivity index (χ1) is 6.56. The van der Waals surface area contributed by atoms with E-state index in [1.165, 1.54) is 19.3 Å². The van der Waals surface area contributed by atoms with E-state index in [9.17, 15) is 4.21 Å². The Hall–Kier alpha value is 0.110. The number of hydrogen-bond acceptors (Lipinski definition) is 2. The summed E-state index contributed by atoms with van der Waals surface area (Å²) >= 11 is 0. The van der Waals surface area contributed by atoms with Crippen molar-refractivity contribution in [2.75, 3.05) is 12.0 Å². The molecule has 0 amide bonds. The van der Waals surface area contributed by atoms with Gasteiger partial charge in [0.25, 0.3) is 0 Å². The summed E-state index contributed by atoms with van der Waals surface area (Å²) < 4.78 is 10.9. The summed E-state index contributed by atoms with van der Waals surface area (Å²) in [6.07, 6.45) is 6.59. The molecule has 2 nitrogen and oxygen atoms in total. The minimum Gasteiger partial charge on any atom is -0.312 e. The Balaban J connectivity index is 3.49. The molecule has 0 fully saturated rings. The van der Waals surface area contributed by atoms with Crippen molar-refractivity contribution in [3.63, 3.8) is 0 Å². The summed E-state index contributed by atoms with van der Waals surface area (Å²) in [7, 11) is -0.646. The van der Waals surface area contributed by atoms with E-state index in [4.69, 9.17) is 0 Å². The van der Waals surface area contributed by atoms with E-state index in [1.807, 2.05) is 0 Å². The molecule has 0 rings (SSSR count). The monoisotopic (exact) mass is 219 g/mol. The van der Waals surface area contributed by atoms with E-state index in [1.54, 1.807) is 6.26 Å². The lowest BCUT2D eigenvalue weighted by Gasteiger charge is -2.19. The maximum Gasteiger partial charge on any atom is 0.0246 e. The molecule has 86 valence electrons. The molecular weight excluding hydrogens is 194 g/mol. The first kappa shape index (κ1) is 14.1. The van der Waals surface area contributed by atoms with Crippen LogP contribution in [0.4, 0.5) is 0 Å². The zero-order valence-corrected chi connectivity index (χ0v) is 10.8. The van der Waals surface area contributed by atoms with Gasteiger partial charge in [-0.05, 0) is 26.7 Å². The van der Waals surface area contributed by atoms with Crippen molar-refractivity contribution >= 4 is 10.8 Å². The van der Waals surface area contributed by atoms with Crippen LogP contribution in [0.2, 0.25) is 0 Å². The van der Waals surface area contributed by atoms with Crippen LogP contribution >= 0.6 is 0 Å². The summed E-state index contributed by atoms with van der Waals surface area (Å²) in [5.41, 5.74) is 0. The summed E-state index contributed by atoms with van der Waals surface area (Å²) in [6.45, 7) is 6.63. The Morgan fingerprint density at radius 1 is 1.21 bits per heavy atom. The van der Waals surface area contributed by atoms with Gasteiger partial charge in [0.15, 0.2) is 0 Å². The SMILES string of the molecule is CCCCC(C)NC(C)CCS(C)=O. The maximum atomic E-state index is 10.9. The fourth-order valence-electron chi connectivity index (χ4n) is 1.51. The smallest absolute Gasteiger partial charge is 0.0246 e. The van der Waals surface area contributed by atoms with Crippen LogP contribution < -0.4 is 5.32 Å². The van der Waals surface area contributed by atoms with Gasteiger partial charge in [-0.2, -0.15) is 0 Å². The molecule has 14 heavy (non-hydrogen) atoms. The predicted molar refractivity (Wildman–Crippen MR) is 65.1 cm³/mol. The fourth-order valence-corrected chi connectivity index (χ4v) is 2.19. The van der Waals surface area contributed by atoms with Crippen molar-refractivity contribution < 1.29 is 4.21 Å². The summed E-state index contributed by atoms with van der Waals surface area (Å²) in [5, 5.41) is 3.54. The molecule has 0 aromatic rings. The number of rotatable bonds is 8. The molecular formula is C11H25NOS. The Labute approximate surface area is 91.3 Å². The van der Waals surface area contributed by atoms with E-state index in [2.05, 4.69) is 26.1 Å². The lowest BCUT2D eigenvalue weighted by molar-refractivity contribution is 0.429. The first-order valence-electron chi connectivity index (χ1n) is 5.62. The van der Waals surface area contributed by atoms with Crippen LogP contribution in [0.25, 0.3) is 0 Å². The van der Waals surface area contributed by atoms with Crippen LogP contribution in [0.1, 0.15) is 46.5 Å². The highest BCUT2D eigenvalue weighted by Gasteiger charge is 2.07. The van der Waals surface area contributed by atoms with Crippen LogP contribution in [0.5, 0.6) is 0 Å². The highest BCUT2D eigenvalue weighted by molar-refractivity contribution is 7.84. The Morgan fingerprint density at radius 2 is 1.79 bits per heavy atom. The summed E-state index contributed by atoms with van der Waals surface area (Å²) in [4.78, 5) is 0. The molecule has 3 heteroatoms. The third-order valence-electron chi connectivity index (χ3n) is 2.40. The Morgan fingerprint density at radius 3 is 2.29 bits per heavy atom. The second-order valence-electron chi connectivity index (χ2n) is 4.18. The average Bonchev–Trinajstić information content (AvgIpc) is 2.11. The fraction of sp³-hybridized carbons (Fsp3) is 1.00. The van der Waals surface area contributed by atoms with Gasteiger partial charge in [0, 0.05) is 34.9 Å². The van der Waals surface area contributed by atoms with E-state index in [0.29, 0.717) is 12.1 Å². The van der Waals surface area contributed by atoms with Crippen molar-refractivity contribution in [1.82, 2.24) is 5.32 Å². The molecule has 0 spiro atoms. The molecule has 0 aliphatic carbocycles. The van der Waals surface area contributed by atoms with Gasteiger partial charge in [0.2, 0.25) is 0 Å². The average molecular weight is 219 g/mol. The van der Waals surface area contributed by atoms with E-state index >= 15 is 0 Å². The lowest BCUT2D eigenvalue weighted by Crippen LogP contribution is -2.35. The second kappa shape index (κ2) is 8.42. The molecule has 1 N–H and O–H groups in total.